The lowest BCUT2D eigenvalue weighted by molar-refractivity contribution is -0.137. The maximum Gasteiger partial charge on any atom is 0.303 e. The Balaban J connectivity index is 2.69. The Morgan fingerprint density at radius 2 is 1.84 bits per heavy atom. The molecule has 1 atom stereocenters. The van der Waals surface area contributed by atoms with Crippen LogP contribution in [0.1, 0.15) is 45.2 Å². The summed E-state index contributed by atoms with van der Waals surface area (Å²) in [5.74, 6) is -1.00. The fraction of sp³-hybridized carbons (Fsp3) is 0.533. The first-order chi connectivity index (χ1) is 8.91. The molecule has 1 aromatic carbocycles. The van der Waals surface area contributed by atoms with E-state index in [2.05, 4.69) is 25.7 Å². The quantitative estimate of drug-likeness (QED) is 0.822. The third kappa shape index (κ3) is 4.99. The summed E-state index contributed by atoms with van der Waals surface area (Å²) in [5, 5.41) is 8.69. The van der Waals surface area contributed by atoms with Gasteiger partial charge in [0.15, 0.2) is 0 Å². The molecule has 0 aliphatic heterocycles. The van der Waals surface area contributed by atoms with Crippen LogP contribution >= 0.6 is 0 Å². The highest BCUT2D eigenvalue weighted by molar-refractivity contribution is 5.66. The SMILES string of the molecule is CC(C)N(CCCC(=O)O)C(C)c1ccc(F)cc1. The third-order valence-electron chi connectivity index (χ3n) is 3.32. The van der Waals surface area contributed by atoms with Crippen LogP contribution in [0.25, 0.3) is 0 Å². The van der Waals surface area contributed by atoms with E-state index in [4.69, 9.17) is 5.11 Å². The van der Waals surface area contributed by atoms with Crippen molar-refractivity contribution in [2.45, 2.75) is 45.7 Å². The molecule has 1 rings (SSSR count). The van der Waals surface area contributed by atoms with Gasteiger partial charge in [0.2, 0.25) is 0 Å². The first kappa shape index (κ1) is 15.6. The van der Waals surface area contributed by atoms with E-state index in [1.54, 1.807) is 12.1 Å². The van der Waals surface area contributed by atoms with Crippen molar-refractivity contribution in [1.82, 2.24) is 4.90 Å². The zero-order valence-corrected chi connectivity index (χ0v) is 11.8. The molecule has 19 heavy (non-hydrogen) atoms. The summed E-state index contributed by atoms with van der Waals surface area (Å²) >= 11 is 0. The van der Waals surface area contributed by atoms with Crippen LogP contribution in [0.5, 0.6) is 0 Å². The molecular weight excluding hydrogens is 245 g/mol. The molecule has 1 aromatic rings. The van der Waals surface area contributed by atoms with Crippen LogP contribution < -0.4 is 0 Å². The molecule has 0 aliphatic rings. The van der Waals surface area contributed by atoms with E-state index in [-0.39, 0.29) is 18.3 Å². The van der Waals surface area contributed by atoms with Gasteiger partial charge in [0.05, 0.1) is 0 Å². The van der Waals surface area contributed by atoms with Crippen LogP contribution in [0, 0.1) is 5.82 Å². The lowest BCUT2D eigenvalue weighted by atomic mass is 10.0. The van der Waals surface area contributed by atoms with E-state index in [9.17, 15) is 9.18 Å². The van der Waals surface area contributed by atoms with Crippen molar-refractivity contribution in [2.75, 3.05) is 6.54 Å². The predicted molar refractivity (Wildman–Crippen MR) is 73.5 cm³/mol. The molecule has 1 N–H and O–H groups in total. The summed E-state index contributed by atoms with van der Waals surface area (Å²) in [5.41, 5.74) is 1.05. The smallest absolute Gasteiger partial charge is 0.303 e. The minimum Gasteiger partial charge on any atom is -0.481 e. The number of carboxylic acids is 1. The first-order valence-corrected chi connectivity index (χ1v) is 6.64. The average Bonchev–Trinajstić information content (AvgIpc) is 2.34. The molecule has 0 spiro atoms. The van der Waals surface area contributed by atoms with Gasteiger partial charge < -0.3 is 5.11 Å². The third-order valence-corrected chi connectivity index (χ3v) is 3.32. The Hall–Kier alpha value is -1.42. The highest BCUT2D eigenvalue weighted by Crippen LogP contribution is 2.23. The molecule has 0 fully saturated rings. The number of nitrogens with zero attached hydrogens (tertiary/aromatic N) is 1. The van der Waals surface area contributed by atoms with Crippen molar-refractivity contribution in [2.24, 2.45) is 0 Å². The Kier molecular flexibility index (Phi) is 5.96. The molecule has 0 saturated heterocycles. The summed E-state index contributed by atoms with van der Waals surface area (Å²) in [6.45, 7) is 6.96. The number of carbonyl (C=O) groups is 1. The Morgan fingerprint density at radius 1 is 1.26 bits per heavy atom. The molecule has 0 aliphatic carbocycles. The summed E-state index contributed by atoms with van der Waals surface area (Å²) in [6.07, 6.45) is 0.804. The summed E-state index contributed by atoms with van der Waals surface area (Å²) < 4.78 is 12.9. The van der Waals surface area contributed by atoms with E-state index in [0.29, 0.717) is 12.5 Å². The minimum atomic E-state index is -0.766. The van der Waals surface area contributed by atoms with Crippen molar-refractivity contribution in [3.05, 3.63) is 35.6 Å². The molecule has 1 unspecified atom stereocenters. The van der Waals surface area contributed by atoms with Gasteiger partial charge in [0.1, 0.15) is 5.82 Å². The maximum absolute atomic E-state index is 12.9. The number of carboxylic acid groups (broad SMARTS) is 1. The Bertz CT molecular complexity index is 403. The number of hydrogen-bond donors (Lipinski definition) is 1. The zero-order valence-electron chi connectivity index (χ0n) is 11.8. The Morgan fingerprint density at radius 3 is 2.32 bits per heavy atom. The van der Waals surface area contributed by atoms with Crippen molar-refractivity contribution >= 4 is 5.97 Å². The summed E-state index contributed by atoms with van der Waals surface area (Å²) in [4.78, 5) is 12.8. The van der Waals surface area contributed by atoms with E-state index in [0.717, 1.165) is 12.1 Å². The van der Waals surface area contributed by atoms with E-state index in [1.165, 1.54) is 12.1 Å². The van der Waals surface area contributed by atoms with Gasteiger partial charge in [-0.3, -0.25) is 9.69 Å². The molecule has 4 heteroatoms. The van der Waals surface area contributed by atoms with Crippen molar-refractivity contribution in [3.63, 3.8) is 0 Å². The van der Waals surface area contributed by atoms with Crippen LogP contribution in [0.3, 0.4) is 0 Å². The van der Waals surface area contributed by atoms with Gasteiger partial charge in [-0.1, -0.05) is 12.1 Å². The number of rotatable bonds is 7. The first-order valence-electron chi connectivity index (χ1n) is 6.64. The number of hydrogen-bond acceptors (Lipinski definition) is 2. The van der Waals surface area contributed by atoms with Crippen LogP contribution in [0.2, 0.25) is 0 Å². The monoisotopic (exact) mass is 267 g/mol. The largest absolute Gasteiger partial charge is 0.481 e. The number of halogens is 1. The molecular formula is C15H22FNO2. The Labute approximate surface area is 114 Å². The molecule has 0 heterocycles. The van der Waals surface area contributed by atoms with Crippen molar-refractivity contribution in [3.8, 4) is 0 Å². The highest BCUT2D eigenvalue weighted by atomic mass is 19.1. The highest BCUT2D eigenvalue weighted by Gasteiger charge is 2.18. The zero-order chi connectivity index (χ0) is 14.4. The van der Waals surface area contributed by atoms with E-state index in [1.807, 2.05) is 0 Å². The minimum absolute atomic E-state index is 0.148. The van der Waals surface area contributed by atoms with Crippen LogP contribution in [0.15, 0.2) is 24.3 Å². The van der Waals surface area contributed by atoms with Crippen molar-refractivity contribution in [1.29, 1.82) is 0 Å². The summed E-state index contributed by atoms with van der Waals surface area (Å²) in [6, 6.07) is 6.95. The van der Waals surface area contributed by atoms with E-state index < -0.39 is 5.97 Å². The lowest BCUT2D eigenvalue weighted by Crippen LogP contribution is -2.34. The second-order valence-electron chi connectivity index (χ2n) is 5.06. The normalized spacial score (nSPS) is 12.9. The fourth-order valence-corrected chi connectivity index (χ4v) is 2.24. The second-order valence-corrected chi connectivity index (χ2v) is 5.06. The fourth-order valence-electron chi connectivity index (χ4n) is 2.24. The van der Waals surface area contributed by atoms with Gasteiger partial charge in [0.25, 0.3) is 0 Å². The molecule has 3 nitrogen and oxygen atoms in total. The van der Waals surface area contributed by atoms with E-state index >= 15 is 0 Å². The standard InChI is InChI=1S/C15H22FNO2/c1-11(2)17(10-4-5-15(18)19)12(3)13-6-8-14(16)9-7-13/h6-9,11-12H,4-5,10H2,1-3H3,(H,18,19). The molecule has 0 saturated carbocycles. The topological polar surface area (TPSA) is 40.5 Å². The molecule has 0 bridgehead atoms. The molecule has 0 radical (unpaired) electrons. The predicted octanol–water partition coefficient (Wildman–Crippen LogP) is 3.46. The van der Waals surface area contributed by atoms with Gasteiger partial charge >= 0.3 is 5.97 Å². The molecule has 0 amide bonds. The van der Waals surface area contributed by atoms with Gasteiger partial charge in [-0.25, -0.2) is 4.39 Å². The number of benzene rings is 1. The van der Waals surface area contributed by atoms with Gasteiger partial charge in [-0.2, -0.15) is 0 Å². The van der Waals surface area contributed by atoms with Crippen LogP contribution in [-0.2, 0) is 4.79 Å². The maximum atomic E-state index is 12.9. The lowest BCUT2D eigenvalue weighted by Gasteiger charge is -2.33. The number of aliphatic carboxylic acids is 1. The van der Waals surface area contributed by atoms with Crippen molar-refractivity contribution < 1.29 is 14.3 Å². The summed E-state index contributed by atoms with van der Waals surface area (Å²) in [7, 11) is 0. The van der Waals surface area contributed by atoms with Gasteiger partial charge in [0, 0.05) is 18.5 Å². The molecule has 106 valence electrons. The second kappa shape index (κ2) is 7.24. The van der Waals surface area contributed by atoms with Crippen LogP contribution in [0.4, 0.5) is 4.39 Å². The van der Waals surface area contributed by atoms with Gasteiger partial charge in [-0.05, 0) is 51.4 Å². The van der Waals surface area contributed by atoms with Crippen LogP contribution in [-0.4, -0.2) is 28.6 Å². The molecule has 0 aromatic heterocycles. The average molecular weight is 267 g/mol. The van der Waals surface area contributed by atoms with Gasteiger partial charge in [-0.15, -0.1) is 0 Å².